The molecule has 0 bridgehead atoms. The molecule has 1 aromatic carbocycles. The number of aliphatic hydroxyl groups is 1. The molecule has 3 N–H and O–H groups in total. The standard InChI is InChI=1S/C21H24F2N6O3/c1-10(2)21(32)19(31)26-16-11(3)24-20(27-17(16)28(21)4)25-15-8-29(9-15)18(30)12-5-13(22)7-14(23)6-12/h5-7,10,15,32H,8-9H2,1-4H3,(H,26,31)(H,24,25,27)/t21-/m0/s1. The summed E-state index contributed by atoms with van der Waals surface area (Å²) in [6, 6.07) is 2.55. The summed E-state index contributed by atoms with van der Waals surface area (Å²) in [5.74, 6) is -2.36. The topological polar surface area (TPSA) is 111 Å². The van der Waals surface area contributed by atoms with Gasteiger partial charge in [0.15, 0.2) is 5.82 Å². The number of hydrogen-bond donors (Lipinski definition) is 3. The van der Waals surface area contributed by atoms with Crippen LogP contribution in [0.3, 0.4) is 0 Å². The number of fused-ring (bicyclic) bond motifs is 1. The van der Waals surface area contributed by atoms with E-state index >= 15 is 0 Å². The minimum absolute atomic E-state index is 0.0489. The van der Waals surface area contributed by atoms with Crippen LogP contribution in [-0.4, -0.2) is 63.7 Å². The molecule has 32 heavy (non-hydrogen) atoms. The lowest BCUT2D eigenvalue weighted by Crippen LogP contribution is -2.62. The fourth-order valence-corrected chi connectivity index (χ4v) is 3.96. The SMILES string of the molecule is Cc1nc(NC2CN(C(=O)c3cc(F)cc(F)c3)C2)nc2c1NC(=O)[C@@](O)(C(C)C)N2C. The lowest BCUT2D eigenvalue weighted by molar-refractivity contribution is -0.139. The first kappa shape index (κ1) is 21.9. The van der Waals surface area contributed by atoms with Crippen molar-refractivity contribution in [3.63, 3.8) is 0 Å². The summed E-state index contributed by atoms with van der Waals surface area (Å²) in [6.07, 6.45) is 0. The molecular weight excluding hydrogens is 422 g/mol. The van der Waals surface area contributed by atoms with Crippen LogP contribution in [0.25, 0.3) is 0 Å². The normalized spacial score (nSPS) is 20.7. The van der Waals surface area contributed by atoms with E-state index in [2.05, 4.69) is 20.6 Å². The monoisotopic (exact) mass is 446 g/mol. The molecule has 11 heteroatoms. The van der Waals surface area contributed by atoms with Gasteiger partial charge in [0, 0.05) is 37.7 Å². The van der Waals surface area contributed by atoms with E-state index < -0.39 is 35.1 Å². The van der Waals surface area contributed by atoms with E-state index in [1.165, 1.54) is 9.80 Å². The van der Waals surface area contributed by atoms with Crippen LogP contribution in [0.1, 0.15) is 29.9 Å². The van der Waals surface area contributed by atoms with Crippen LogP contribution in [0.5, 0.6) is 0 Å². The van der Waals surface area contributed by atoms with Gasteiger partial charge in [-0.2, -0.15) is 4.98 Å². The molecule has 0 saturated carbocycles. The molecule has 2 amide bonds. The Morgan fingerprint density at radius 2 is 1.88 bits per heavy atom. The minimum Gasteiger partial charge on any atom is -0.363 e. The van der Waals surface area contributed by atoms with Crippen LogP contribution in [0.4, 0.5) is 26.2 Å². The summed E-state index contributed by atoms with van der Waals surface area (Å²) < 4.78 is 26.8. The Labute approximate surface area is 183 Å². The molecule has 4 rings (SSSR count). The molecule has 0 spiro atoms. The average Bonchev–Trinajstić information content (AvgIpc) is 2.68. The van der Waals surface area contributed by atoms with Crippen LogP contribution in [0, 0.1) is 24.5 Å². The van der Waals surface area contributed by atoms with Crippen molar-refractivity contribution in [3.05, 3.63) is 41.1 Å². The first-order chi connectivity index (χ1) is 15.0. The van der Waals surface area contributed by atoms with Gasteiger partial charge in [-0.15, -0.1) is 0 Å². The van der Waals surface area contributed by atoms with E-state index in [0.29, 0.717) is 36.4 Å². The molecule has 170 valence electrons. The van der Waals surface area contributed by atoms with Crippen molar-refractivity contribution in [2.75, 3.05) is 35.7 Å². The van der Waals surface area contributed by atoms with Crippen LogP contribution in [-0.2, 0) is 4.79 Å². The van der Waals surface area contributed by atoms with Crippen molar-refractivity contribution in [2.45, 2.75) is 32.5 Å². The Morgan fingerprint density at radius 1 is 1.25 bits per heavy atom. The summed E-state index contributed by atoms with van der Waals surface area (Å²) >= 11 is 0. The molecule has 0 aliphatic carbocycles. The fraction of sp³-hybridized carbons (Fsp3) is 0.429. The zero-order valence-corrected chi connectivity index (χ0v) is 18.1. The number of carbonyl (C=O) groups excluding carboxylic acids is 2. The van der Waals surface area contributed by atoms with Crippen LogP contribution >= 0.6 is 0 Å². The van der Waals surface area contributed by atoms with Gasteiger partial charge in [0.2, 0.25) is 11.7 Å². The number of amides is 2. The Bertz CT molecular complexity index is 1080. The maximum Gasteiger partial charge on any atom is 0.278 e. The summed E-state index contributed by atoms with van der Waals surface area (Å²) in [5.41, 5.74) is -0.865. The number of hydrogen-bond acceptors (Lipinski definition) is 7. The maximum absolute atomic E-state index is 13.4. The lowest BCUT2D eigenvalue weighted by atomic mass is 9.94. The third-order valence-corrected chi connectivity index (χ3v) is 5.89. The third kappa shape index (κ3) is 3.52. The smallest absolute Gasteiger partial charge is 0.278 e. The van der Waals surface area contributed by atoms with Crippen LogP contribution in [0.2, 0.25) is 0 Å². The molecule has 1 atom stereocenters. The number of nitrogens with zero attached hydrogens (tertiary/aromatic N) is 4. The highest BCUT2D eigenvalue weighted by molar-refractivity contribution is 6.05. The number of nitrogens with one attached hydrogen (secondary N) is 2. The predicted molar refractivity (Wildman–Crippen MR) is 113 cm³/mol. The second-order valence-corrected chi connectivity index (χ2v) is 8.43. The Hall–Kier alpha value is -3.34. The summed E-state index contributed by atoms with van der Waals surface area (Å²) in [5, 5.41) is 16.8. The molecular formula is C21H24F2N6O3. The molecule has 2 aliphatic rings. The van der Waals surface area contributed by atoms with Gasteiger partial charge in [0.05, 0.1) is 11.7 Å². The second kappa shape index (κ2) is 7.66. The number of likely N-dealkylation sites (N-methyl/N-ethyl adjacent to an activating group) is 1. The Kier molecular flexibility index (Phi) is 5.24. The van der Waals surface area contributed by atoms with Crippen LogP contribution < -0.4 is 15.5 Å². The van der Waals surface area contributed by atoms with E-state index in [-0.39, 0.29) is 17.6 Å². The second-order valence-electron chi connectivity index (χ2n) is 8.43. The lowest BCUT2D eigenvalue weighted by Gasteiger charge is -2.44. The van der Waals surface area contributed by atoms with Crippen molar-refractivity contribution < 1.29 is 23.5 Å². The number of halogens is 2. The van der Waals surface area contributed by atoms with Gasteiger partial charge in [-0.05, 0) is 19.1 Å². The summed E-state index contributed by atoms with van der Waals surface area (Å²) in [7, 11) is 1.59. The first-order valence-electron chi connectivity index (χ1n) is 10.2. The zero-order valence-electron chi connectivity index (χ0n) is 18.1. The predicted octanol–water partition coefficient (Wildman–Crippen LogP) is 1.73. The number of rotatable bonds is 4. The van der Waals surface area contributed by atoms with Gasteiger partial charge in [-0.1, -0.05) is 13.8 Å². The molecule has 1 aromatic heterocycles. The number of anilines is 3. The van der Waals surface area contributed by atoms with Gasteiger partial charge >= 0.3 is 0 Å². The van der Waals surface area contributed by atoms with Crippen molar-refractivity contribution >= 4 is 29.3 Å². The molecule has 9 nitrogen and oxygen atoms in total. The highest BCUT2D eigenvalue weighted by Crippen LogP contribution is 2.38. The zero-order chi connectivity index (χ0) is 23.4. The number of aromatic nitrogens is 2. The Balaban J connectivity index is 1.48. The maximum atomic E-state index is 13.4. The van der Waals surface area contributed by atoms with Crippen LogP contribution in [0.15, 0.2) is 18.2 Å². The highest BCUT2D eigenvalue weighted by atomic mass is 19.1. The molecule has 1 fully saturated rings. The third-order valence-electron chi connectivity index (χ3n) is 5.89. The molecule has 2 aliphatic heterocycles. The first-order valence-corrected chi connectivity index (χ1v) is 10.2. The van der Waals surface area contributed by atoms with E-state index in [0.717, 1.165) is 12.1 Å². The van der Waals surface area contributed by atoms with E-state index in [1.807, 2.05) is 0 Å². The minimum atomic E-state index is -1.76. The molecule has 2 aromatic rings. The van der Waals surface area contributed by atoms with Crippen molar-refractivity contribution in [1.29, 1.82) is 0 Å². The quantitative estimate of drug-likeness (QED) is 0.656. The Morgan fingerprint density at radius 3 is 2.47 bits per heavy atom. The number of likely N-dealkylation sites (tertiary alicyclic amines) is 1. The van der Waals surface area contributed by atoms with Gasteiger partial charge in [0.25, 0.3) is 11.8 Å². The van der Waals surface area contributed by atoms with Gasteiger partial charge < -0.3 is 25.5 Å². The number of aryl methyl sites for hydroxylation is 1. The average molecular weight is 446 g/mol. The number of benzene rings is 1. The molecule has 3 heterocycles. The van der Waals surface area contributed by atoms with E-state index in [9.17, 15) is 23.5 Å². The highest BCUT2D eigenvalue weighted by Gasteiger charge is 2.49. The largest absolute Gasteiger partial charge is 0.363 e. The van der Waals surface area contributed by atoms with Crippen molar-refractivity contribution in [1.82, 2.24) is 14.9 Å². The number of carbonyl (C=O) groups is 2. The summed E-state index contributed by atoms with van der Waals surface area (Å²) in [4.78, 5) is 36.7. The van der Waals surface area contributed by atoms with Gasteiger partial charge in [-0.3, -0.25) is 9.59 Å². The van der Waals surface area contributed by atoms with Crippen molar-refractivity contribution in [2.24, 2.45) is 5.92 Å². The summed E-state index contributed by atoms with van der Waals surface area (Å²) in [6.45, 7) is 5.80. The molecule has 0 radical (unpaired) electrons. The molecule has 1 saturated heterocycles. The van der Waals surface area contributed by atoms with E-state index in [4.69, 9.17) is 0 Å². The molecule has 0 unspecified atom stereocenters. The van der Waals surface area contributed by atoms with Gasteiger partial charge in [-0.25, -0.2) is 13.8 Å². The van der Waals surface area contributed by atoms with Crippen molar-refractivity contribution in [3.8, 4) is 0 Å². The van der Waals surface area contributed by atoms with E-state index in [1.54, 1.807) is 27.8 Å². The van der Waals surface area contributed by atoms with Gasteiger partial charge in [0.1, 0.15) is 17.3 Å². The fourth-order valence-electron chi connectivity index (χ4n) is 3.96.